The predicted molar refractivity (Wildman–Crippen MR) is 54.3 cm³/mol. The van der Waals surface area contributed by atoms with Crippen molar-refractivity contribution in [3.05, 3.63) is 0 Å². The first kappa shape index (κ1) is 11.8. The van der Waals surface area contributed by atoms with Crippen molar-refractivity contribution < 1.29 is 4.79 Å². The van der Waals surface area contributed by atoms with E-state index in [1.807, 2.05) is 19.0 Å². The Morgan fingerprint density at radius 3 is 2.50 bits per heavy atom. The quantitative estimate of drug-likeness (QED) is 0.594. The molecule has 12 heavy (non-hydrogen) atoms. The lowest BCUT2D eigenvalue weighted by Crippen LogP contribution is -2.32. The minimum absolute atomic E-state index is 0.0212. The molecule has 0 rings (SSSR count). The van der Waals surface area contributed by atoms with Gasteiger partial charge >= 0.3 is 0 Å². The predicted octanol–water partition coefficient (Wildman–Crippen LogP) is 0.360. The van der Waals surface area contributed by atoms with Crippen LogP contribution in [0.3, 0.4) is 0 Å². The van der Waals surface area contributed by atoms with Gasteiger partial charge in [0.15, 0.2) is 0 Å². The van der Waals surface area contributed by atoms with Crippen LogP contribution in [0.2, 0.25) is 0 Å². The van der Waals surface area contributed by atoms with Crippen molar-refractivity contribution in [1.82, 2.24) is 4.90 Å². The summed E-state index contributed by atoms with van der Waals surface area (Å²) in [6.07, 6.45) is 1.79. The Morgan fingerprint density at radius 1 is 1.58 bits per heavy atom. The Labute approximate surface area is 79.7 Å². The molecule has 2 N–H and O–H groups in total. The van der Waals surface area contributed by atoms with Gasteiger partial charge in [-0.1, -0.05) is 0 Å². The zero-order valence-electron chi connectivity index (χ0n) is 7.79. The maximum Gasteiger partial charge on any atom is 0.221 e. The number of hydrogen-bond acceptors (Lipinski definition) is 3. The van der Waals surface area contributed by atoms with E-state index in [0.29, 0.717) is 0 Å². The second kappa shape index (κ2) is 6.31. The smallest absolute Gasteiger partial charge is 0.221 e. The third-order valence-corrected chi connectivity index (χ3v) is 2.01. The SMILES string of the molecule is CN(C)CC(CCCS)C(N)=O. The van der Waals surface area contributed by atoms with E-state index in [-0.39, 0.29) is 11.8 Å². The number of amides is 1. The second-order valence-corrected chi connectivity index (χ2v) is 3.67. The van der Waals surface area contributed by atoms with E-state index in [1.165, 1.54) is 0 Å². The standard InChI is InChI=1S/C8H18N2OS/c1-10(2)6-7(8(9)11)4-3-5-12/h7,12H,3-6H2,1-2H3,(H2,9,11). The molecule has 0 aromatic rings. The van der Waals surface area contributed by atoms with E-state index in [2.05, 4.69) is 12.6 Å². The number of hydrogen-bond donors (Lipinski definition) is 2. The van der Waals surface area contributed by atoms with Crippen LogP contribution in [0.4, 0.5) is 0 Å². The van der Waals surface area contributed by atoms with E-state index >= 15 is 0 Å². The van der Waals surface area contributed by atoms with E-state index in [9.17, 15) is 4.79 Å². The molecule has 1 atom stereocenters. The number of nitrogens with zero attached hydrogens (tertiary/aromatic N) is 1. The van der Waals surface area contributed by atoms with Gasteiger partial charge in [-0.25, -0.2) is 0 Å². The van der Waals surface area contributed by atoms with E-state index in [0.717, 1.165) is 25.1 Å². The van der Waals surface area contributed by atoms with E-state index in [1.54, 1.807) is 0 Å². The number of carbonyl (C=O) groups is 1. The largest absolute Gasteiger partial charge is 0.369 e. The lowest BCUT2D eigenvalue weighted by atomic mass is 10.0. The molecule has 3 nitrogen and oxygen atoms in total. The molecule has 0 heterocycles. The second-order valence-electron chi connectivity index (χ2n) is 3.23. The molecule has 0 spiro atoms. The average molecular weight is 190 g/mol. The molecule has 0 fully saturated rings. The highest BCUT2D eigenvalue weighted by molar-refractivity contribution is 7.80. The van der Waals surface area contributed by atoms with Crippen LogP contribution in [0.1, 0.15) is 12.8 Å². The Hall–Kier alpha value is -0.220. The van der Waals surface area contributed by atoms with Crippen LogP contribution < -0.4 is 5.73 Å². The van der Waals surface area contributed by atoms with Gasteiger partial charge in [-0.05, 0) is 32.7 Å². The Balaban J connectivity index is 3.78. The van der Waals surface area contributed by atoms with Crippen molar-refractivity contribution in [1.29, 1.82) is 0 Å². The average Bonchev–Trinajstić information content (AvgIpc) is 1.96. The fourth-order valence-electron chi connectivity index (χ4n) is 1.10. The van der Waals surface area contributed by atoms with E-state index < -0.39 is 0 Å². The fraction of sp³-hybridized carbons (Fsp3) is 0.875. The van der Waals surface area contributed by atoms with Gasteiger partial charge < -0.3 is 10.6 Å². The number of nitrogens with two attached hydrogens (primary N) is 1. The molecule has 0 aliphatic carbocycles. The van der Waals surface area contributed by atoms with Gasteiger partial charge in [0.2, 0.25) is 5.91 Å². The third kappa shape index (κ3) is 5.43. The lowest BCUT2D eigenvalue weighted by molar-refractivity contribution is -0.122. The highest BCUT2D eigenvalue weighted by Crippen LogP contribution is 2.07. The summed E-state index contributed by atoms with van der Waals surface area (Å²) in [5.74, 6) is 0.592. The molecule has 0 bridgehead atoms. The first-order valence-electron chi connectivity index (χ1n) is 4.12. The molecule has 0 radical (unpaired) electrons. The zero-order valence-corrected chi connectivity index (χ0v) is 8.68. The summed E-state index contributed by atoms with van der Waals surface area (Å²) in [6.45, 7) is 0.739. The van der Waals surface area contributed by atoms with Gasteiger partial charge in [-0.3, -0.25) is 4.79 Å². The molecule has 0 aliphatic rings. The molecule has 0 saturated heterocycles. The van der Waals surface area contributed by atoms with Gasteiger partial charge in [0.05, 0.1) is 5.92 Å². The summed E-state index contributed by atoms with van der Waals surface area (Å²) in [5, 5.41) is 0. The Kier molecular flexibility index (Phi) is 6.20. The molecular formula is C8H18N2OS. The minimum Gasteiger partial charge on any atom is -0.369 e. The Bertz CT molecular complexity index is 139. The number of thiol groups is 1. The van der Waals surface area contributed by atoms with Crippen LogP contribution in [0, 0.1) is 5.92 Å². The van der Waals surface area contributed by atoms with Crippen molar-refractivity contribution in [2.24, 2.45) is 11.7 Å². The van der Waals surface area contributed by atoms with Crippen LogP contribution in [0.25, 0.3) is 0 Å². The normalized spacial score (nSPS) is 13.3. The summed E-state index contributed by atoms with van der Waals surface area (Å²) in [6, 6.07) is 0. The van der Waals surface area contributed by atoms with Gasteiger partial charge in [-0.2, -0.15) is 12.6 Å². The fourth-order valence-corrected chi connectivity index (χ4v) is 1.28. The van der Waals surface area contributed by atoms with Crippen molar-refractivity contribution in [3.63, 3.8) is 0 Å². The van der Waals surface area contributed by atoms with Gasteiger partial charge in [-0.15, -0.1) is 0 Å². The van der Waals surface area contributed by atoms with Crippen molar-refractivity contribution >= 4 is 18.5 Å². The lowest BCUT2D eigenvalue weighted by Gasteiger charge is -2.17. The molecule has 72 valence electrons. The first-order valence-corrected chi connectivity index (χ1v) is 4.76. The summed E-state index contributed by atoms with van der Waals surface area (Å²) in [4.78, 5) is 12.9. The van der Waals surface area contributed by atoms with Crippen LogP contribution in [-0.4, -0.2) is 37.2 Å². The summed E-state index contributed by atoms with van der Waals surface area (Å²) >= 11 is 4.09. The molecular weight excluding hydrogens is 172 g/mol. The third-order valence-electron chi connectivity index (χ3n) is 1.70. The molecule has 0 saturated carbocycles. The monoisotopic (exact) mass is 190 g/mol. The molecule has 4 heteroatoms. The van der Waals surface area contributed by atoms with Crippen LogP contribution in [0.5, 0.6) is 0 Å². The summed E-state index contributed by atoms with van der Waals surface area (Å²) < 4.78 is 0. The van der Waals surface area contributed by atoms with Gasteiger partial charge in [0.1, 0.15) is 0 Å². The van der Waals surface area contributed by atoms with Crippen molar-refractivity contribution in [2.75, 3.05) is 26.4 Å². The van der Waals surface area contributed by atoms with Crippen molar-refractivity contribution in [2.45, 2.75) is 12.8 Å². The first-order chi connectivity index (χ1) is 5.57. The molecule has 1 amide bonds. The zero-order chi connectivity index (χ0) is 9.56. The number of primary amides is 1. The summed E-state index contributed by atoms with van der Waals surface area (Å²) in [5.41, 5.74) is 5.24. The number of rotatable bonds is 6. The topological polar surface area (TPSA) is 46.3 Å². The Morgan fingerprint density at radius 2 is 2.17 bits per heavy atom. The van der Waals surface area contributed by atoms with Crippen LogP contribution in [0.15, 0.2) is 0 Å². The minimum atomic E-state index is -0.203. The highest BCUT2D eigenvalue weighted by Gasteiger charge is 2.14. The highest BCUT2D eigenvalue weighted by atomic mass is 32.1. The molecule has 0 aliphatic heterocycles. The maximum absolute atomic E-state index is 10.9. The van der Waals surface area contributed by atoms with Gasteiger partial charge in [0.25, 0.3) is 0 Å². The molecule has 0 aromatic heterocycles. The van der Waals surface area contributed by atoms with Gasteiger partial charge in [0, 0.05) is 6.54 Å². The van der Waals surface area contributed by atoms with Crippen molar-refractivity contribution in [3.8, 4) is 0 Å². The van der Waals surface area contributed by atoms with Crippen LogP contribution >= 0.6 is 12.6 Å². The summed E-state index contributed by atoms with van der Waals surface area (Å²) in [7, 11) is 3.88. The molecule has 1 unspecified atom stereocenters. The maximum atomic E-state index is 10.9. The van der Waals surface area contributed by atoms with E-state index in [4.69, 9.17) is 5.73 Å². The number of carbonyl (C=O) groups excluding carboxylic acids is 1. The molecule has 0 aromatic carbocycles. The van der Waals surface area contributed by atoms with Crippen LogP contribution in [-0.2, 0) is 4.79 Å².